The number of rotatable bonds is 7. The minimum atomic E-state index is 0.500. The molecule has 0 unspecified atom stereocenters. The summed E-state index contributed by atoms with van der Waals surface area (Å²) in [4.78, 5) is 4.85. The van der Waals surface area contributed by atoms with Gasteiger partial charge in [-0.25, -0.2) is 4.99 Å². The number of aryl methyl sites for hydroxylation is 1. The Labute approximate surface area is 202 Å². The first kappa shape index (κ1) is 24.5. The molecule has 33 heavy (non-hydrogen) atoms. The highest BCUT2D eigenvalue weighted by Crippen LogP contribution is 2.28. The van der Waals surface area contributed by atoms with Crippen LogP contribution in [0.5, 0.6) is 0 Å². The molecule has 0 aromatic heterocycles. The van der Waals surface area contributed by atoms with Crippen molar-refractivity contribution in [1.29, 1.82) is 0 Å². The summed E-state index contributed by atoms with van der Waals surface area (Å²) in [6.07, 6.45) is 4.35. The maximum atomic E-state index is 6.51. The topological polar surface area (TPSA) is 64.4 Å². The van der Waals surface area contributed by atoms with E-state index >= 15 is 0 Å². The van der Waals surface area contributed by atoms with Crippen LogP contribution in [0.1, 0.15) is 42.0 Å². The highest BCUT2D eigenvalue weighted by molar-refractivity contribution is 6.36. The molecular formula is C29H32ClN3. The van der Waals surface area contributed by atoms with Crippen LogP contribution < -0.4 is 11.5 Å². The maximum Gasteiger partial charge on any atom is 0.131 e. The summed E-state index contributed by atoms with van der Waals surface area (Å²) < 4.78 is 0. The fourth-order valence-corrected chi connectivity index (χ4v) is 4.22. The summed E-state index contributed by atoms with van der Waals surface area (Å²) in [5, 5.41) is 2.72. The number of halogens is 1. The van der Waals surface area contributed by atoms with Crippen LogP contribution in [-0.4, -0.2) is 12.9 Å². The van der Waals surface area contributed by atoms with Crippen molar-refractivity contribution in [3.8, 4) is 0 Å². The predicted octanol–water partition coefficient (Wildman–Crippen LogP) is 7.04. The maximum absolute atomic E-state index is 6.51. The van der Waals surface area contributed by atoms with E-state index in [2.05, 4.69) is 49.1 Å². The van der Waals surface area contributed by atoms with Crippen molar-refractivity contribution in [3.05, 3.63) is 112 Å². The second-order valence-electron chi connectivity index (χ2n) is 7.82. The molecule has 4 aromatic carbocycles. The fraction of sp³-hybridized carbons (Fsp3) is 0.207. The third kappa shape index (κ3) is 6.01. The molecule has 0 fully saturated rings. The van der Waals surface area contributed by atoms with Crippen molar-refractivity contribution in [1.82, 2.24) is 0 Å². The molecule has 0 amide bonds. The number of hydrogen-bond donors (Lipinski definition) is 2. The Balaban J connectivity index is 0.00000149. The van der Waals surface area contributed by atoms with Gasteiger partial charge >= 0.3 is 0 Å². The lowest BCUT2D eigenvalue weighted by molar-refractivity contribution is 0.788. The number of nitrogens with zero attached hydrogens (tertiary/aromatic N) is 1. The quantitative estimate of drug-likeness (QED) is 0.231. The lowest BCUT2D eigenvalue weighted by atomic mass is 9.96. The Morgan fingerprint density at radius 1 is 0.758 bits per heavy atom. The zero-order valence-electron chi connectivity index (χ0n) is 19.4. The fourth-order valence-electron chi connectivity index (χ4n) is 3.99. The molecule has 4 aromatic rings. The standard InChI is InChI=1S/C28H27ClN2.CH5N/c1-2-3-10-20-11-4-5-12-21(20)19-22-13-6-9-16-27(22)31-28(30)25-17-18-26(29)24-15-8-7-14-23(24)25;1-2/h4-9,11-18H,2-3,10,19H2,1H3,(H2,30,31);2H2,1H3. The summed E-state index contributed by atoms with van der Waals surface area (Å²) in [7, 11) is 1.50. The molecule has 4 rings (SSSR count). The van der Waals surface area contributed by atoms with E-state index in [-0.39, 0.29) is 0 Å². The molecule has 0 aliphatic heterocycles. The van der Waals surface area contributed by atoms with E-state index in [0.29, 0.717) is 5.84 Å². The predicted molar refractivity (Wildman–Crippen MR) is 144 cm³/mol. The molecular weight excluding hydrogens is 426 g/mol. The number of fused-ring (bicyclic) bond motifs is 1. The van der Waals surface area contributed by atoms with Gasteiger partial charge in [0, 0.05) is 16.0 Å². The van der Waals surface area contributed by atoms with Gasteiger partial charge in [-0.1, -0.05) is 91.7 Å². The van der Waals surface area contributed by atoms with Gasteiger partial charge in [-0.2, -0.15) is 0 Å². The molecule has 0 atom stereocenters. The van der Waals surface area contributed by atoms with Crippen molar-refractivity contribution in [2.75, 3.05) is 7.05 Å². The molecule has 0 saturated heterocycles. The van der Waals surface area contributed by atoms with Crippen molar-refractivity contribution in [2.24, 2.45) is 16.5 Å². The zero-order chi connectivity index (χ0) is 23.6. The van der Waals surface area contributed by atoms with Crippen LogP contribution >= 0.6 is 11.6 Å². The second kappa shape index (κ2) is 12.2. The molecule has 3 nitrogen and oxygen atoms in total. The van der Waals surface area contributed by atoms with Gasteiger partial charge in [0.25, 0.3) is 0 Å². The van der Waals surface area contributed by atoms with Gasteiger partial charge in [0.15, 0.2) is 0 Å². The number of unbranched alkanes of at least 4 members (excludes halogenated alkanes) is 1. The van der Waals surface area contributed by atoms with Crippen LogP contribution in [0.15, 0.2) is 89.9 Å². The first-order valence-electron chi connectivity index (χ1n) is 11.4. The molecule has 0 bridgehead atoms. The van der Waals surface area contributed by atoms with E-state index in [0.717, 1.165) is 39.9 Å². The highest BCUT2D eigenvalue weighted by atomic mass is 35.5. The molecule has 0 saturated carbocycles. The summed E-state index contributed by atoms with van der Waals surface area (Å²) in [6.45, 7) is 2.23. The van der Waals surface area contributed by atoms with E-state index in [1.54, 1.807) is 0 Å². The third-order valence-corrected chi connectivity index (χ3v) is 6.01. The molecule has 4 heteroatoms. The van der Waals surface area contributed by atoms with Gasteiger partial charge in [-0.05, 0) is 66.6 Å². The molecule has 0 radical (unpaired) electrons. The number of hydrogen-bond acceptors (Lipinski definition) is 2. The van der Waals surface area contributed by atoms with Gasteiger partial charge in [-0.15, -0.1) is 0 Å². The van der Waals surface area contributed by atoms with E-state index < -0.39 is 0 Å². The van der Waals surface area contributed by atoms with E-state index in [4.69, 9.17) is 22.3 Å². The minimum Gasteiger partial charge on any atom is -0.383 e. The molecule has 0 spiro atoms. The SMILES string of the molecule is CCCCc1ccccc1Cc1ccccc1N=C(N)c1ccc(Cl)c2ccccc12.CN. The average Bonchev–Trinajstić information content (AvgIpc) is 2.86. The number of nitrogens with two attached hydrogens (primary N) is 2. The van der Waals surface area contributed by atoms with Gasteiger partial charge in [0.2, 0.25) is 0 Å². The second-order valence-corrected chi connectivity index (χ2v) is 8.22. The Hall–Kier alpha value is -3.14. The van der Waals surface area contributed by atoms with Crippen LogP contribution in [-0.2, 0) is 12.8 Å². The summed E-state index contributed by atoms with van der Waals surface area (Å²) >= 11 is 6.38. The molecule has 170 valence electrons. The van der Waals surface area contributed by atoms with Gasteiger partial charge in [0.1, 0.15) is 5.84 Å². The first-order valence-corrected chi connectivity index (χ1v) is 11.8. The van der Waals surface area contributed by atoms with Crippen LogP contribution in [0.2, 0.25) is 5.02 Å². The Morgan fingerprint density at radius 3 is 2.09 bits per heavy atom. The molecule has 0 heterocycles. The Morgan fingerprint density at radius 2 is 1.36 bits per heavy atom. The highest BCUT2D eigenvalue weighted by Gasteiger charge is 2.10. The minimum absolute atomic E-state index is 0.500. The third-order valence-electron chi connectivity index (χ3n) is 5.68. The van der Waals surface area contributed by atoms with Crippen molar-refractivity contribution in [2.45, 2.75) is 32.6 Å². The van der Waals surface area contributed by atoms with E-state index in [1.807, 2.05) is 48.5 Å². The number of benzene rings is 4. The van der Waals surface area contributed by atoms with Crippen molar-refractivity contribution >= 4 is 33.9 Å². The van der Waals surface area contributed by atoms with Gasteiger partial charge in [-0.3, -0.25) is 0 Å². The zero-order valence-corrected chi connectivity index (χ0v) is 20.1. The summed E-state index contributed by atoms with van der Waals surface area (Å²) in [5.74, 6) is 0.500. The Kier molecular flexibility index (Phi) is 9.05. The van der Waals surface area contributed by atoms with Crippen LogP contribution in [0.3, 0.4) is 0 Å². The Bertz CT molecular complexity index is 1230. The monoisotopic (exact) mass is 457 g/mol. The molecule has 0 aliphatic carbocycles. The lowest BCUT2D eigenvalue weighted by Gasteiger charge is -2.12. The van der Waals surface area contributed by atoms with E-state index in [1.165, 1.54) is 36.6 Å². The molecule has 4 N–H and O–H groups in total. The van der Waals surface area contributed by atoms with Crippen molar-refractivity contribution < 1.29 is 0 Å². The van der Waals surface area contributed by atoms with Crippen LogP contribution in [0.4, 0.5) is 5.69 Å². The number of para-hydroxylation sites is 1. The van der Waals surface area contributed by atoms with Gasteiger partial charge < -0.3 is 11.5 Å². The van der Waals surface area contributed by atoms with E-state index in [9.17, 15) is 0 Å². The number of amidine groups is 1. The number of aliphatic imine (C=N–C) groups is 1. The lowest BCUT2D eigenvalue weighted by Crippen LogP contribution is -2.13. The van der Waals surface area contributed by atoms with Crippen LogP contribution in [0, 0.1) is 0 Å². The summed E-state index contributed by atoms with van der Waals surface area (Å²) in [5.41, 5.74) is 16.8. The normalized spacial score (nSPS) is 11.2. The van der Waals surface area contributed by atoms with Gasteiger partial charge in [0.05, 0.1) is 5.69 Å². The van der Waals surface area contributed by atoms with Crippen LogP contribution in [0.25, 0.3) is 10.8 Å². The van der Waals surface area contributed by atoms with Crippen molar-refractivity contribution in [3.63, 3.8) is 0 Å². The smallest absolute Gasteiger partial charge is 0.131 e. The average molecular weight is 458 g/mol. The first-order chi connectivity index (χ1) is 16.2. The summed E-state index contributed by atoms with van der Waals surface area (Å²) in [6, 6.07) is 28.8. The molecule has 0 aliphatic rings. The largest absolute Gasteiger partial charge is 0.383 e.